The molecular formula is C21H28O4. The molecule has 0 fully saturated rings. The van der Waals surface area contributed by atoms with Crippen LogP contribution in [-0.4, -0.2) is 33.2 Å². The molecule has 0 aliphatic heterocycles. The number of carbonyl (C=O) groups is 1. The molecular weight excluding hydrogens is 316 g/mol. The smallest absolute Gasteiger partial charge is 0.162 e. The van der Waals surface area contributed by atoms with Crippen molar-refractivity contribution < 1.29 is 19.0 Å². The van der Waals surface area contributed by atoms with E-state index in [9.17, 15) is 4.79 Å². The highest BCUT2D eigenvalue weighted by Crippen LogP contribution is 2.43. The summed E-state index contributed by atoms with van der Waals surface area (Å²) in [7, 11) is 4.93. The van der Waals surface area contributed by atoms with Crippen LogP contribution in [0.4, 0.5) is 0 Å². The van der Waals surface area contributed by atoms with Gasteiger partial charge in [-0.25, -0.2) is 0 Å². The molecule has 0 saturated carbocycles. The predicted molar refractivity (Wildman–Crippen MR) is 99.2 cm³/mol. The second-order valence-corrected chi connectivity index (χ2v) is 6.65. The highest BCUT2D eigenvalue weighted by atomic mass is 16.5. The fourth-order valence-electron chi connectivity index (χ4n) is 3.69. The van der Waals surface area contributed by atoms with Gasteiger partial charge in [-0.2, -0.15) is 0 Å². The highest BCUT2D eigenvalue weighted by molar-refractivity contribution is 5.96. The average Bonchev–Trinajstić information content (AvgIpc) is 2.63. The number of ether oxygens (including phenoxy) is 3. The summed E-state index contributed by atoms with van der Waals surface area (Å²) in [5.41, 5.74) is 0.634. The fraction of sp³-hybridized carbons (Fsp3) is 0.476. The van der Waals surface area contributed by atoms with Crippen molar-refractivity contribution in [1.29, 1.82) is 0 Å². The number of allylic oxidation sites excluding steroid dienone is 2. The SMILES string of the molecule is C=CC[C@]1([C@@H](C)Cc2ccc(OC)c(OC)c2)C[C@H](OC)C=CC1=O. The van der Waals surface area contributed by atoms with E-state index >= 15 is 0 Å². The Labute approximate surface area is 150 Å². The van der Waals surface area contributed by atoms with Gasteiger partial charge < -0.3 is 14.2 Å². The topological polar surface area (TPSA) is 44.8 Å². The summed E-state index contributed by atoms with van der Waals surface area (Å²) in [5.74, 6) is 1.71. The zero-order chi connectivity index (χ0) is 18.4. The zero-order valence-electron chi connectivity index (χ0n) is 15.6. The van der Waals surface area contributed by atoms with Crippen LogP contribution >= 0.6 is 0 Å². The monoisotopic (exact) mass is 344 g/mol. The lowest BCUT2D eigenvalue weighted by molar-refractivity contribution is -0.130. The molecule has 0 amide bonds. The van der Waals surface area contributed by atoms with E-state index in [0.29, 0.717) is 24.3 Å². The van der Waals surface area contributed by atoms with Crippen molar-refractivity contribution in [3.8, 4) is 11.5 Å². The molecule has 1 aliphatic carbocycles. The Morgan fingerprint density at radius 2 is 2.00 bits per heavy atom. The second-order valence-electron chi connectivity index (χ2n) is 6.65. The van der Waals surface area contributed by atoms with Crippen molar-refractivity contribution >= 4 is 5.78 Å². The number of carbonyl (C=O) groups excluding carboxylic acids is 1. The van der Waals surface area contributed by atoms with Gasteiger partial charge >= 0.3 is 0 Å². The third-order valence-electron chi connectivity index (χ3n) is 5.26. The van der Waals surface area contributed by atoms with Crippen molar-refractivity contribution in [2.75, 3.05) is 21.3 Å². The fourth-order valence-corrected chi connectivity index (χ4v) is 3.69. The Bertz CT molecular complexity index is 649. The largest absolute Gasteiger partial charge is 0.493 e. The van der Waals surface area contributed by atoms with Crippen molar-refractivity contribution in [3.63, 3.8) is 0 Å². The quantitative estimate of drug-likeness (QED) is 0.669. The third kappa shape index (κ3) is 3.96. The van der Waals surface area contributed by atoms with E-state index in [1.807, 2.05) is 30.4 Å². The van der Waals surface area contributed by atoms with Crippen LogP contribution in [-0.2, 0) is 16.0 Å². The minimum atomic E-state index is -0.482. The standard InChI is InChI=1S/C21H28O4/c1-6-11-21(14-17(23-3)8-10-20(21)22)15(2)12-16-7-9-18(24-4)19(13-16)25-5/h6-10,13,15,17H,1,11-12,14H2,2-5H3/t15-,17+,21+/m0/s1. The molecule has 0 N–H and O–H groups in total. The van der Waals surface area contributed by atoms with Crippen LogP contribution in [0.25, 0.3) is 0 Å². The summed E-state index contributed by atoms with van der Waals surface area (Å²) >= 11 is 0. The van der Waals surface area contributed by atoms with Crippen LogP contribution in [0.2, 0.25) is 0 Å². The van der Waals surface area contributed by atoms with Gasteiger partial charge in [0.15, 0.2) is 17.3 Å². The molecule has 2 rings (SSSR count). The van der Waals surface area contributed by atoms with E-state index < -0.39 is 5.41 Å². The lowest BCUT2D eigenvalue weighted by Crippen LogP contribution is -2.43. The second kappa shape index (κ2) is 8.34. The first kappa shape index (κ1) is 19.3. The molecule has 0 aromatic heterocycles. The predicted octanol–water partition coefficient (Wildman–Crippen LogP) is 3.99. The molecule has 25 heavy (non-hydrogen) atoms. The van der Waals surface area contributed by atoms with E-state index in [0.717, 1.165) is 12.0 Å². The molecule has 0 spiro atoms. The van der Waals surface area contributed by atoms with E-state index in [-0.39, 0.29) is 17.8 Å². The Balaban J connectivity index is 2.29. The van der Waals surface area contributed by atoms with Crippen LogP contribution in [0, 0.1) is 11.3 Å². The number of hydrogen-bond acceptors (Lipinski definition) is 4. The van der Waals surface area contributed by atoms with Crippen LogP contribution in [0.1, 0.15) is 25.3 Å². The van der Waals surface area contributed by atoms with Gasteiger partial charge in [0.1, 0.15) is 0 Å². The number of hydrogen-bond donors (Lipinski definition) is 0. The molecule has 0 heterocycles. The van der Waals surface area contributed by atoms with Crippen molar-refractivity contribution in [2.45, 2.75) is 32.3 Å². The van der Waals surface area contributed by atoms with E-state index in [4.69, 9.17) is 14.2 Å². The summed E-state index contributed by atoms with van der Waals surface area (Å²) in [6.07, 6.45) is 7.42. The van der Waals surface area contributed by atoms with Gasteiger partial charge in [-0.05, 0) is 49.0 Å². The zero-order valence-corrected chi connectivity index (χ0v) is 15.6. The molecule has 1 aliphatic rings. The molecule has 4 nitrogen and oxygen atoms in total. The van der Waals surface area contributed by atoms with Gasteiger partial charge in [0, 0.05) is 12.5 Å². The number of ketones is 1. The molecule has 136 valence electrons. The summed E-state index contributed by atoms with van der Waals surface area (Å²) in [6, 6.07) is 5.91. The molecule has 0 radical (unpaired) electrons. The van der Waals surface area contributed by atoms with Crippen molar-refractivity contribution in [2.24, 2.45) is 11.3 Å². The van der Waals surface area contributed by atoms with Crippen LogP contribution in [0.3, 0.4) is 0 Å². The molecule has 1 aromatic carbocycles. The number of rotatable bonds is 8. The minimum Gasteiger partial charge on any atom is -0.493 e. The van der Waals surface area contributed by atoms with Crippen LogP contribution in [0.15, 0.2) is 43.0 Å². The summed E-state index contributed by atoms with van der Waals surface area (Å²) in [4.78, 5) is 12.8. The van der Waals surface area contributed by atoms with Crippen LogP contribution < -0.4 is 9.47 Å². The molecule has 1 aromatic rings. The van der Waals surface area contributed by atoms with E-state index in [1.54, 1.807) is 27.4 Å². The Hall–Kier alpha value is -2.07. The first-order valence-corrected chi connectivity index (χ1v) is 8.58. The Morgan fingerprint density at radius 1 is 1.28 bits per heavy atom. The molecule has 3 atom stereocenters. The summed E-state index contributed by atoms with van der Waals surface area (Å²) in [6.45, 7) is 6.00. The summed E-state index contributed by atoms with van der Waals surface area (Å²) < 4.78 is 16.2. The maximum absolute atomic E-state index is 12.8. The van der Waals surface area contributed by atoms with E-state index in [2.05, 4.69) is 13.5 Å². The Kier molecular flexibility index (Phi) is 6.43. The molecule has 0 unspecified atom stereocenters. The minimum absolute atomic E-state index is 0.0366. The number of methoxy groups -OCH3 is 3. The summed E-state index contributed by atoms with van der Waals surface area (Å²) in [5, 5.41) is 0. The first-order chi connectivity index (χ1) is 12.0. The maximum atomic E-state index is 12.8. The van der Waals surface area contributed by atoms with Crippen molar-refractivity contribution in [3.05, 3.63) is 48.6 Å². The van der Waals surface area contributed by atoms with Gasteiger partial charge in [0.25, 0.3) is 0 Å². The third-order valence-corrected chi connectivity index (χ3v) is 5.26. The highest BCUT2D eigenvalue weighted by Gasteiger charge is 2.44. The van der Waals surface area contributed by atoms with Crippen molar-refractivity contribution in [1.82, 2.24) is 0 Å². The molecule has 0 bridgehead atoms. The molecule has 0 saturated heterocycles. The van der Waals surface area contributed by atoms with E-state index in [1.165, 1.54) is 0 Å². The van der Waals surface area contributed by atoms with Gasteiger partial charge in [-0.1, -0.05) is 25.1 Å². The van der Waals surface area contributed by atoms with Crippen LogP contribution in [0.5, 0.6) is 11.5 Å². The van der Waals surface area contributed by atoms with Gasteiger partial charge in [0.05, 0.1) is 20.3 Å². The van der Waals surface area contributed by atoms with Gasteiger partial charge in [-0.15, -0.1) is 6.58 Å². The Morgan fingerprint density at radius 3 is 2.60 bits per heavy atom. The maximum Gasteiger partial charge on any atom is 0.162 e. The first-order valence-electron chi connectivity index (χ1n) is 8.58. The molecule has 4 heteroatoms. The van der Waals surface area contributed by atoms with Gasteiger partial charge in [-0.3, -0.25) is 4.79 Å². The average molecular weight is 344 g/mol. The van der Waals surface area contributed by atoms with Gasteiger partial charge in [0.2, 0.25) is 0 Å². The number of benzene rings is 1. The normalized spacial score (nSPS) is 24.0. The lowest BCUT2D eigenvalue weighted by Gasteiger charge is -2.40. The lowest BCUT2D eigenvalue weighted by atomic mass is 9.63.